The van der Waals surface area contributed by atoms with Crippen LogP contribution < -0.4 is 5.32 Å². The number of hydrogen-bond acceptors (Lipinski definition) is 2. The maximum atomic E-state index is 4.08. The van der Waals surface area contributed by atoms with E-state index in [1.807, 2.05) is 13.0 Å². The Kier molecular flexibility index (Phi) is 2.40. The molecule has 12 heavy (non-hydrogen) atoms. The van der Waals surface area contributed by atoms with Gasteiger partial charge in [0.1, 0.15) is 5.82 Å². The molecule has 0 aliphatic heterocycles. The molecule has 0 saturated heterocycles. The molecule has 0 aliphatic rings. The second kappa shape index (κ2) is 3.17. The number of aromatic nitrogens is 2. The van der Waals surface area contributed by atoms with Crippen molar-refractivity contribution in [2.24, 2.45) is 5.41 Å². The predicted molar refractivity (Wildman–Crippen MR) is 51.3 cm³/mol. The van der Waals surface area contributed by atoms with Gasteiger partial charge in [-0.1, -0.05) is 20.8 Å². The number of nitrogens with zero attached hydrogens (tertiary/aromatic N) is 1. The molecule has 0 aliphatic carbocycles. The fraction of sp³-hybridized carbons (Fsp3) is 0.667. The molecular weight excluding hydrogens is 150 g/mol. The quantitative estimate of drug-likeness (QED) is 0.708. The van der Waals surface area contributed by atoms with E-state index in [2.05, 4.69) is 36.3 Å². The number of rotatable bonds is 2. The lowest BCUT2D eigenvalue weighted by molar-refractivity contribution is 0.442. The van der Waals surface area contributed by atoms with Crippen molar-refractivity contribution < 1.29 is 0 Å². The van der Waals surface area contributed by atoms with Gasteiger partial charge >= 0.3 is 0 Å². The van der Waals surface area contributed by atoms with Crippen molar-refractivity contribution in [3.8, 4) is 0 Å². The highest BCUT2D eigenvalue weighted by atomic mass is 15.2. The second-order valence-corrected chi connectivity index (χ2v) is 4.35. The number of anilines is 1. The second-order valence-electron chi connectivity index (χ2n) is 4.35. The molecule has 0 spiro atoms. The Morgan fingerprint density at radius 2 is 2.17 bits per heavy atom. The molecule has 1 heterocycles. The van der Waals surface area contributed by atoms with Crippen molar-refractivity contribution in [3.63, 3.8) is 0 Å². The smallest absolute Gasteiger partial charge is 0.148 e. The van der Waals surface area contributed by atoms with Crippen LogP contribution in [0.15, 0.2) is 6.07 Å². The Morgan fingerprint density at radius 3 is 2.58 bits per heavy atom. The van der Waals surface area contributed by atoms with Gasteiger partial charge in [0.25, 0.3) is 0 Å². The molecule has 0 radical (unpaired) electrons. The standard InChI is InChI=1S/C9H17N3/c1-7-5-8(12-11-7)10-6-9(2,3)4/h5H,6H2,1-4H3,(H2,10,11,12). The van der Waals surface area contributed by atoms with Gasteiger partial charge in [0.05, 0.1) is 0 Å². The van der Waals surface area contributed by atoms with E-state index in [4.69, 9.17) is 0 Å². The highest BCUT2D eigenvalue weighted by molar-refractivity contribution is 5.34. The molecule has 68 valence electrons. The third-order valence-electron chi connectivity index (χ3n) is 1.51. The fourth-order valence-corrected chi connectivity index (χ4v) is 0.864. The van der Waals surface area contributed by atoms with Crippen molar-refractivity contribution in [2.75, 3.05) is 11.9 Å². The Labute approximate surface area is 73.6 Å². The molecule has 0 bridgehead atoms. The van der Waals surface area contributed by atoms with E-state index in [0.29, 0.717) is 5.41 Å². The van der Waals surface area contributed by atoms with Crippen LogP contribution in [0.25, 0.3) is 0 Å². The largest absolute Gasteiger partial charge is 0.368 e. The minimum absolute atomic E-state index is 0.298. The molecule has 0 unspecified atom stereocenters. The Hall–Kier alpha value is -0.990. The van der Waals surface area contributed by atoms with Crippen LogP contribution in [0.3, 0.4) is 0 Å². The van der Waals surface area contributed by atoms with Crippen molar-refractivity contribution in [3.05, 3.63) is 11.8 Å². The Morgan fingerprint density at radius 1 is 1.50 bits per heavy atom. The molecule has 1 rings (SSSR count). The molecule has 1 aromatic heterocycles. The summed E-state index contributed by atoms with van der Waals surface area (Å²) in [5.74, 6) is 0.933. The van der Waals surface area contributed by atoms with Crippen LogP contribution in [-0.2, 0) is 0 Å². The van der Waals surface area contributed by atoms with Gasteiger partial charge in [-0.25, -0.2) is 0 Å². The first kappa shape index (κ1) is 9.10. The van der Waals surface area contributed by atoms with Crippen LogP contribution >= 0.6 is 0 Å². The Bertz CT molecular complexity index is 245. The molecule has 0 atom stereocenters. The highest BCUT2D eigenvalue weighted by Crippen LogP contribution is 2.14. The van der Waals surface area contributed by atoms with E-state index in [1.165, 1.54) is 0 Å². The Balaban J connectivity index is 2.44. The average molecular weight is 167 g/mol. The summed E-state index contributed by atoms with van der Waals surface area (Å²) in [7, 11) is 0. The minimum atomic E-state index is 0.298. The van der Waals surface area contributed by atoms with Gasteiger partial charge in [-0.3, -0.25) is 5.10 Å². The first-order valence-corrected chi connectivity index (χ1v) is 4.23. The van der Waals surface area contributed by atoms with Crippen LogP contribution in [0.1, 0.15) is 26.5 Å². The van der Waals surface area contributed by atoms with Crippen molar-refractivity contribution in [1.82, 2.24) is 10.2 Å². The zero-order valence-electron chi connectivity index (χ0n) is 8.23. The topological polar surface area (TPSA) is 40.7 Å². The maximum Gasteiger partial charge on any atom is 0.148 e. The lowest BCUT2D eigenvalue weighted by Crippen LogP contribution is -2.19. The van der Waals surface area contributed by atoms with Gasteiger partial charge in [-0.05, 0) is 12.3 Å². The molecule has 3 heteroatoms. The summed E-state index contributed by atoms with van der Waals surface area (Å²) in [4.78, 5) is 0. The lowest BCUT2D eigenvalue weighted by atomic mass is 9.97. The van der Waals surface area contributed by atoms with Crippen molar-refractivity contribution in [2.45, 2.75) is 27.7 Å². The normalized spacial score (nSPS) is 11.7. The average Bonchev–Trinajstić information content (AvgIpc) is 2.30. The van der Waals surface area contributed by atoms with E-state index < -0.39 is 0 Å². The van der Waals surface area contributed by atoms with E-state index in [1.54, 1.807) is 0 Å². The minimum Gasteiger partial charge on any atom is -0.368 e. The first-order valence-electron chi connectivity index (χ1n) is 4.23. The SMILES string of the molecule is Cc1cc(NCC(C)(C)C)n[nH]1. The fourth-order valence-electron chi connectivity index (χ4n) is 0.864. The van der Waals surface area contributed by atoms with Crippen molar-refractivity contribution >= 4 is 5.82 Å². The summed E-state index contributed by atoms with van der Waals surface area (Å²) in [6, 6.07) is 2.01. The van der Waals surface area contributed by atoms with E-state index in [-0.39, 0.29) is 0 Å². The molecule has 0 saturated carbocycles. The van der Waals surface area contributed by atoms with E-state index >= 15 is 0 Å². The third-order valence-corrected chi connectivity index (χ3v) is 1.51. The number of aryl methyl sites for hydroxylation is 1. The van der Waals surface area contributed by atoms with Gasteiger partial charge in [-0.15, -0.1) is 0 Å². The molecule has 0 fully saturated rings. The first-order chi connectivity index (χ1) is 5.47. The predicted octanol–water partition coefficient (Wildman–Crippen LogP) is 2.18. The summed E-state index contributed by atoms with van der Waals surface area (Å²) in [5, 5.41) is 10.2. The summed E-state index contributed by atoms with van der Waals surface area (Å²) in [5.41, 5.74) is 1.39. The maximum absolute atomic E-state index is 4.08. The number of nitrogens with one attached hydrogen (secondary N) is 2. The molecule has 0 aromatic carbocycles. The molecule has 0 amide bonds. The van der Waals surface area contributed by atoms with Gasteiger partial charge in [0.15, 0.2) is 0 Å². The van der Waals surface area contributed by atoms with Crippen LogP contribution in [-0.4, -0.2) is 16.7 Å². The summed E-state index contributed by atoms with van der Waals surface area (Å²) < 4.78 is 0. The van der Waals surface area contributed by atoms with Gasteiger partial charge in [0, 0.05) is 18.3 Å². The third kappa shape index (κ3) is 2.95. The molecular formula is C9H17N3. The molecule has 2 N–H and O–H groups in total. The van der Waals surface area contributed by atoms with E-state index in [0.717, 1.165) is 18.1 Å². The number of H-pyrrole nitrogens is 1. The molecule has 1 aromatic rings. The summed E-state index contributed by atoms with van der Waals surface area (Å²) in [6.45, 7) is 9.52. The van der Waals surface area contributed by atoms with Crippen LogP contribution in [0.4, 0.5) is 5.82 Å². The highest BCUT2D eigenvalue weighted by Gasteiger charge is 2.09. The monoisotopic (exact) mass is 167 g/mol. The van der Waals surface area contributed by atoms with Gasteiger partial charge < -0.3 is 5.32 Å². The number of hydrogen-bond donors (Lipinski definition) is 2. The van der Waals surface area contributed by atoms with Crippen LogP contribution in [0, 0.1) is 12.3 Å². The van der Waals surface area contributed by atoms with E-state index in [9.17, 15) is 0 Å². The van der Waals surface area contributed by atoms with Crippen LogP contribution in [0.5, 0.6) is 0 Å². The van der Waals surface area contributed by atoms with Gasteiger partial charge in [-0.2, -0.15) is 5.10 Å². The van der Waals surface area contributed by atoms with Crippen LogP contribution in [0.2, 0.25) is 0 Å². The lowest BCUT2D eigenvalue weighted by Gasteiger charge is -2.18. The summed E-state index contributed by atoms with van der Waals surface area (Å²) >= 11 is 0. The zero-order chi connectivity index (χ0) is 9.19. The van der Waals surface area contributed by atoms with Crippen molar-refractivity contribution in [1.29, 1.82) is 0 Å². The summed E-state index contributed by atoms with van der Waals surface area (Å²) in [6.07, 6.45) is 0. The van der Waals surface area contributed by atoms with Gasteiger partial charge in [0.2, 0.25) is 0 Å². The molecule has 3 nitrogen and oxygen atoms in total. The number of aromatic amines is 1. The zero-order valence-corrected chi connectivity index (χ0v) is 8.23.